The topological polar surface area (TPSA) is 84.2 Å². The molecule has 0 saturated carbocycles. The van der Waals surface area contributed by atoms with Crippen LogP contribution in [0, 0.1) is 12.7 Å². The van der Waals surface area contributed by atoms with Crippen molar-refractivity contribution in [2.75, 3.05) is 10.6 Å². The van der Waals surface area contributed by atoms with Crippen molar-refractivity contribution >= 4 is 23.3 Å². The van der Waals surface area contributed by atoms with Crippen molar-refractivity contribution in [3.8, 4) is 0 Å². The minimum Gasteiger partial charge on any atom is -0.360 e. The molecule has 0 fully saturated rings. The number of nitrogens with one attached hydrogen (secondary N) is 2. The summed E-state index contributed by atoms with van der Waals surface area (Å²) in [5.74, 6) is -0.338. The van der Waals surface area contributed by atoms with Crippen LogP contribution < -0.4 is 10.6 Å². The fraction of sp³-hybridized carbons (Fsp3) is 0.0556. The summed E-state index contributed by atoms with van der Waals surface area (Å²) in [5, 5.41) is 8.91. The largest absolute Gasteiger partial charge is 0.360 e. The Kier molecular flexibility index (Phi) is 4.56. The SMILES string of the molecule is Cc1cc(NC(=O)c2cccc(C(=O)Nc3ccc(F)cc3)c2)no1. The Morgan fingerprint density at radius 1 is 0.960 bits per heavy atom. The lowest BCUT2D eigenvalue weighted by Gasteiger charge is -2.07. The second-order valence-electron chi connectivity index (χ2n) is 5.32. The third-order valence-electron chi connectivity index (χ3n) is 3.36. The molecule has 7 heteroatoms. The van der Waals surface area contributed by atoms with E-state index in [1.54, 1.807) is 31.2 Å². The number of aryl methyl sites for hydroxylation is 1. The van der Waals surface area contributed by atoms with Gasteiger partial charge in [0.15, 0.2) is 5.82 Å². The van der Waals surface area contributed by atoms with Crippen molar-refractivity contribution in [1.82, 2.24) is 5.16 Å². The predicted molar refractivity (Wildman–Crippen MR) is 90.0 cm³/mol. The highest BCUT2D eigenvalue weighted by Gasteiger charge is 2.12. The quantitative estimate of drug-likeness (QED) is 0.760. The molecule has 6 nitrogen and oxygen atoms in total. The van der Waals surface area contributed by atoms with E-state index in [1.165, 1.54) is 30.3 Å². The van der Waals surface area contributed by atoms with Crippen molar-refractivity contribution in [1.29, 1.82) is 0 Å². The zero-order chi connectivity index (χ0) is 17.8. The number of carbonyl (C=O) groups is 2. The number of halogens is 1. The normalized spacial score (nSPS) is 10.3. The van der Waals surface area contributed by atoms with Gasteiger partial charge >= 0.3 is 0 Å². The number of amides is 2. The number of rotatable bonds is 4. The number of aromatic nitrogens is 1. The van der Waals surface area contributed by atoms with Crippen LogP contribution in [0.25, 0.3) is 0 Å². The maximum atomic E-state index is 12.9. The van der Waals surface area contributed by atoms with Crippen LogP contribution in [0.4, 0.5) is 15.9 Å². The van der Waals surface area contributed by atoms with Gasteiger partial charge in [-0.1, -0.05) is 11.2 Å². The monoisotopic (exact) mass is 339 g/mol. The van der Waals surface area contributed by atoms with Gasteiger partial charge in [-0.15, -0.1) is 0 Å². The minimum atomic E-state index is -0.412. The summed E-state index contributed by atoms with van der Waals surface area (Å²) in [7, 11) is 0. The number of hydrogen-bond donors (Lipinski definition) is 2. The van der Waals surface area contributed by atoms with Crippen LogP contribution in [0.1, 0.15) is 26.5 Å². The fourth-order valence-corrected chi connectivity index (χ4v) is 2.15. The summed E-state index contributed by atoms with van der Waals surface area (Å²) in [5.41, 5.74) is 1.06. The van der Waals surface area contributed by atoms with E-state index in [-0.39, 0.29) is 5.82 Å². The van der Waals surface area contributed by atoms with E-state index in [2.05, 4.69) is 15.8 Å². The molecule has 1 aromatic heterocycles. The lowest BCUT2D eigenvalue weighted by atomic mass is 10.1. The van der Waals surface area contributed by atoms with Crippen LogP contribution >= 0.6 is 0 Å². The number of anilines is 2. The third kappa shape index (κ3) is 4.08. The Hall–Kier alpha value is -3.48. The average molecular weight is 339 g/mol. The first-order valence-corrected chi connectivity index (χ1v) is 7.43. The first-order chi connectivity index (χ1) is 12.0. The summed E-state index contributed by atoms with van der Waals surface area (Å²) in [6.45, 7) is 1.71. The Labute approximate surface area is 142 Å². The van der Waals surface area contributed by atoms with Gasteiger partial charge in [-0.3, -0.25) is 9.59 Å². The lowest BCUT2D eigenvalue weighted by Crippen LogP contribution is -2.15. The highest BCUT2D eigenvalue weighted by molar-refractivity contribution is 6.08. The van der Waals surface area contributed by atoms with E-state index in [0.717, 1.165) is 0 Å². The molecule has 0 spiro atoms. The van der Waals surface area contributed by atoms with Gasteiger partial charge in [0.25, 0.3) is 11.8 Å². The molecule has 25 heavy (non-hydrogen) atoms. The predicted octanol–water partition coefficient (Wildman–Crippen LogP) is 3.63. The number of nitrogens with zero attached hydrogens (tertiary/aromatic N) is 1. The first-order valence-electron chi connectivity index (χ1n) is 7.43. The van der Waals surface area contributed by atoms with Crippen molar-refractivity contribution in [2.45, 2.75) is 6.92 Å². The average Bonchev–Trinajstić information content (AvgIpc) is 3.02. The number of hydrogen-bond acceptors (Lipinski definition) is 4. The highest BCUT2D eigenvalue weighted by atomic mass is 19.1. The van der Waals surface area contributed by atoms with Crippen molar-refractivity contribution in [3.05, 3.63) is 77.3 Å². The van der Waals surface area contributed by atoms with Gasteiger partial charge in [0, 0.05) is 22.9 Å². The van der Waals surface area contributed by atoms with Crippen LogP contribution in [0.3, 0.4) is 0 Å². The lowest BCUT2D eigenvalue weighted by molar-refractivity contribution is 0.102. The van der Waals surface area contributed by atoms with Crippen LogP contribution in [0.2, 0.25) is 0 Å². The Morgan fingerprint density at radius 2 is 1.60 bits per heavy atom. The zero-order valence-corrected chi connectivity index (χ0v) is 13.2. The maximum Gasteiger partial charge on any atom is 0.256 e. The summed E-state index contributed by atoms with van der Waals surface area (Å²) >= 11 is 0. The van der Waals surface area contributed by atoms with E-state index in [9.17, 15) is 14.0 Å². The van der Waals surface area contributed by atoms with Gasteiger partial charge in [-0.25, -0.2) is 4.39 Å². The first kappa shape index (κ1) is 16.4. The minimum absolute atomic E-state index is 0.295. The molecule has 2 N–H and O–H groups in total. The molecule has 0 aliphatic carbocycles. The molecule has 3 aromatic rings. The van der Waals surface area contributed by atoms with Crippen molar-refractivity contribution in [2.24, 2.45) is 0 Å². The molecule has 126 valence electrons. The molecule has 0 saturated heterocycles. The van der Waals surface area contributed by atoms with Crippen LogP contribution in [-0.2, 0) is 0 Å². The second kappa shape index (κ2) is 6.96. The smallest absolute Gasteiger partial charge is 0.256 e. The van der Waals surface area contributed by atoms with E-state index in [4.69, 9.17) is 4.52 Å². The number of carbonyl (C=O) groups excluding carboxylic acids is 2. The summed E-state index contributed by atoms with van der Waals surface area (Å²) in [4.78, 5) is 24.5. The van der Waals surface area contributed by atoms with Crippen molar-refractivity contribution in [3.63, 3.8) is 0 Å². The van der Waals surface area contributed by atoms with E-state index >= 15 is 0 Å². The molecule has 0 bridgehead atoms. The van der Waals surface area contributed by atoms with Gasteiger partial charge < -0.3 is 15.2 Å². The molecule has 0 aliphatic rings. The molecule has 0 radical (unpaired) electrons. The molecular formula is C18H14FN3O3. The molecule has 0 atom stereocenters. The fourth-order valence-electron chi connectivity index (χ4n) is 2.15. The Morgan fingerprint density at radius 3 is 2.20 bits per heavy atom. The maximum absolute atomic E-state index is 12.9. The third-order valence-corrected chi connectivity index (χ3v) is 3.36. The van der Waals surface area contributed by atoms with Gasteiger partial charge in [-0.05, 0) is 49.4 Å². The van der Waals surface area contributed by atoms with Crippen molar-refractivity contribution < 1.29 is 18.5 Å². The van der Waals surface area contributed by atoms with Crippen LogP contribution in [0.5, 0.6) is 0 Å². The Balaban J connectivity index is 1.72. The molecular weight excluding hydrogens is 325 g/mol. The summed E-state index contributed by atoms with van der Waals surface area (Å²) in [6, 6.07) is 13.2. The number of benzene rings is 2. The molecule has 0 unspecified atom stereocenters. The summed E-state index contributed by atoms with van der Waals surface area (Å²) in [6.07, 6.45) is 0. The van der Waals surface area contributed by atoms with Gasteiger partial charge in [0.2, 0.25) is 0 Å². The van der Waals surface area contributed by atoms with E-state index in [1.807, 2.05) is 0 Å². The van der Waals surface area contributed by atoms with E-state index in [0.29, 0.717) is 28.4 Å². The Bertz CT molecular complexity index is 919. The molecule has 1 heterocycles. The molecule has 2 amide bonds. The molecule has 2 aromatic carbocycles. The van der Waals surface area contributed by atoms with Gasteiger partial charge in [0.05, 0.1) is 0 Å². The van der Waals surface area contributed by atoms with Gasteiger partial charge in [-0.2, -0.15) is 0 Å². The second-order valence-corrected chi connectivity index (χ2v) is 5.32. The summed E-state index contributed by atoms with van der Waals surface area (Å²) < 4.78 is 17.8. The zero-order valence-electron chi connectivity index (χ0n) is 13.2. The van der Waals surface area contributed by atoms with Crippen LogP contribution in [0.15, 0.2) is 59.1 Å². The molecule has 0 aliphatic heterocycles. The standard InChI is InChI=1S/C18H14FN3O3/c1-11-9-16(22-25-11)21-18(24)13-4-2-3-12(10-13)17(23)20-15-7-5-14(19)6-8-15/h2-10H,1H3,(H,20,23)(H,21,22,24). The molecule has 3 rings (SSSR count). The van der Waals surface area contributed by atoms with Gasteiger partial charge in [0.1, 0.15) is 11.6 Å². The van der Waals surface area contributed by atoms with Crippen LogP contribution in [-0.4, -0.2) is 17.0 Å². The highest BCUT2D eigenvalue weighted by Crippen LogP contribution is 2.14. The van der Waals surface area contributed by atoms with E-state index < -0.39 is 11.8 Å².